The number of carbonyl (C=O) groups excluding carboxylic acids is 1. The van der Waals surface area contributed by atoms with E-state index < -0.39 is 12.1 Å². The Morgan fingerprint density at radius 2 is 1.97 bits per heavy atom. The molecule has 3 unspecified atom stereocenters. The Hall–Kier alpha value is -3.28. The fourth-order valence-corrected chi connectivity index (χ4v) is 3.83. The Kier molecular flexibility index (Phi) is 7.57. The summed E-state index contributed by atoms with van der Waals surface area (Å²) in [5.74, 6) is -2.35. The van der Waals surface area contributed by atoms with Crippen molar-refractivity contribution in [2.75, 3.05) is 25.0 Å². The van der Waals surface area contributed by atoms with Crippen LogP contribution in [-0.4, -0.2) is 75.1 Å². The second-order valence-electron chi connectivity index (χ2n) is 7.30. The molecule has 0 spiro atoms. The van der Waals surface area contributed by atoms with Crippen molar-refractivity contribution >= 4 is 17.6 Å². The van der Waals surface area contributed by atoms with Gasteiger partial charge in [0.25, 0.3) is 5.91 Å². The molecule has 2 fully saturated rings. The first-order valence-electron chi connectivity index (χ1n) is 9.90. The molecule has 1 aliphatic carbocycles. The van der Waals surface area contributed by atoms with Gasteiger partial charge in [-0.2, -0.15) is 23.4 Å². The lowest BCUT2D eigenvalue weighted by Crippen LogP contribution is -2.53. The van der Waals surface area contributed by atoms with E-state index in [1.807, 2.05) is 23.2 Å². The fraction of sp³-hybridized carbons (Fsp3) is 0.450. The van der Waals surface area contributed by atoms with Crippen molar-refractivity contribution in [3.05, 3.63) is 48.5 Å². The highest BCUT2D eigenvalue weighted by Crippen LogP contribution is 2.35. The van der Waals surface area contributed by atoms with E-state index in [0.717, 1.165) is 25.1 Å². The van der Waals surface area contributed by atoms with E-state index in [1.54, 1.807) is 18.5 Å². The molecule has 9 nitrogen and oxygen atoms in total. The summed E-state index contributed by atoms with van der Waals surface area (Å²) in [6.45, 7) is 2.03. The first kappa shape index (κ1) is 23.4. The summed E-state index contributed by atoms with van der Waals surface area (Å²) in [7, 11) is 0. The molecule has 0 bridgehead atoms. The number of morpholine rings is 1. The lowest BCUT2D eigenvalue weighted by Gasteiger charge is -2.39. The van der Waals surface area contributed by atoms with Crippen LogP contribution in [0, 0.1) is 5.92 Å². The van der Waals surface area contributed by atoms with Crippen LogP contribution in [-0.2, 0) is 9.53 Å². The molecule has 12 heteroatoms. The monoisotopic (exact) mass is 453 g/mol. The minimum absolute atomic E-state index is 0.0223. The largest absolute Gasteiger partial charge is 0.490 e. The summed E-state index contributed by atoms with van der Waals surface area (Å²) in [6.07, 6.45) is 3.68. The molecule has 0 aromatic carbocycles. The SMILES string of the molecule is O=C(O)C(F)(F)F.O=C(c1ccnnc1)N1CCOC2C(CNc3cccnc3)CCC21. The second kappa shape index (κ2) is 10.4. The normalized spacial score (nSPS) is 22.3. The molecule has 4 rings (SSSR count). The van der Waals surface area contributed by atoms with Gasteiger partial charge in [-0.05, 0) is 31.0 Å². The van der Waals surface area contributed by atoms with Gasteiger partial charge in [-0.15, -0.1) is 0 Å². The van der Waals surface area contributed by atoms with E-state index in [-0.39, 0.29) is 18.1 Å². The second-order valence-corrected chi connectivity index (χ2v) is 7.30. The number of rotatable bonds is 4. The number of aromatic nitrogens is 3. The molecule has 2 aromatic rings. The number of aliphatic carboxylic acids is 1. The number of pyridine rings is 1. The third-order valence-electron chi connectivity index (χ3n) is 5.28. The van der Waals surface area contributed by atoms with Gasteiger partial charge in [-0.3, -0.25) is 9.78 Å². The number of hydrogen-bond acceptors (Lipinski definition) is 7. The summed E-state index contributed by atoms with van der Waals surface area (Å²) < 4.78 is 37.8. The number of carboxylic acids is 1. The van der Waals surface area contributed by atoms with Crippen molar-refractivity contribution in [2.45, 2.75) is 31.2 Å². The van der Waals surface area contributed by atoms with E-state index in [4.69, 9.17) is 14.6 Å². The fourth-order valence-electron chi connectivity index (χ4n) is 3.83. The predicted octanol–water partition coefficient (Wildman–Crippen LogP) is 2.24. The van der Waals surface area contributed by atoms with Crippen LogP contribution in [0.2, 0.25) is 0 Å². The van der Waals surface area contributed by atoms with Crippen LogP contribution in [0.4, 0.5) is 18.9 Å². The van der Waals surface area contributed by atoms with E-state index >= 15 is 0 Å². The zero-order valence-corrected chi connectivity index (χ0v) is 16.9. The first-order valence-corrected chi connectivity index (χ1v) is 9.90. The zero-order valence-electron chi connectivity index (χ0n) is 16.9. The number of hydrogen-bond donors (Lipinski definition) is 2. The number of anilines is 1. The van der Waals surface area contributed by atoms with Crippen molar-refractivity contribution in [1.29, 1.82) is 0 Å². The smallest absolute Gasteiger partial charge is 0.475 e. The molecular weight excluding hydrogens is 431 g/mol. The van der Waals surface area contributed by atoms with Gasteiger partial charge in [0.15, 0.2) is 0 Å². The van der Waals surface area contributed by atoms with Gasteiger partial charge in [0.2, 0.25) is 0 Å². The van der Waals surface area contributed by atoms with Crippen molar-refractivity contribution in [3.8, 4) is 0 Å². The maximum absolute atomic E-state index is 12.8. The number of halogens is 3. The number of nitrogens with one attached hydrogen (secondary N) is 1. The van der Waals surface area contributed by atoms with Crippen molar-refractivity contribution < 1.29 is 32.6 Å². The highest BCUT2D eigenvalue weighted by atomic mass is 19.4. The molecule has 172 valence electrons. The van der Waals surface area contributed by atoms with Gasteiger partial charge in [-0.1, -0.05) is 0 Å². The van der Waals surface area contributed by atoms with Crippen LogP contribution in [0.1, 0.15) is 23.2 Å². The lowest BCUT2D eigenvalue weighted by atomic mass is 10.0. The number of nitrogens with zero attached hydrogens (tertiary/aromatic N) is 4. The van der Waals surface area contributed by atoms with Crippen molar-refractivity contribution in [2.24, 2.45) is 5.92 Å². The zero-order chi connectivity index (χ0) is 23.1. The summed E-state index contributed by atoms with van der Waals surface area (Å²) in [5.41, 5.74) is 1.60. The Bertz CT molecular complexity index is 901. The Morgan fingerprint density at radius 3 is 2.59 bits per heavy atom. The highest BCUT2D eigenvalue weighted by molar-refractivity contribution is 5.94. The predicted molar refractivity (Wildman–Crippen MR) is 106 cm³/mol. The van der Waals surface area contributed by atoms with Gasteiger partial charge in [0.1, 0.15) is 0 Å². The van der Waals surface area contributed by atoms with Crippen LogP contribution in [0.5, 0.6) is 0 Å². The quantitative estimate of drug-likeness (QED) is 0.724. The highest BCUT2D eigenvalue weighted by Gasteiger charge is 2.44. The molecule has 2 aromatic heterocycles. The Morgan fingerprint density at radius 1 is 1.19 bits per heavy atom. The molecule has 0 radical (unpaired) electrons. The van der Waals surface area contributed by atoms with E-state index in [1.165, 1.54) is 6.20 Å². The average Bonchev–Trinajstić information content (AvgIpc) is 3.21. The molecule has 1 saturated heterocycles. The number of alkyl halides is 3. The topological polar surface area (TPSA) is 118 Å². The maximum Gasteiger partial charge on any atom is 0.490 e. The van der Waals surface area contributed by atoms with Gasteiger partial charge >= 0.3 is 12.1 Å². The van der Waals surface area contributed by atoms with Crippen LogP contribution in [0.25, 0.3) is 0 Å². The number of ether oxygens (including phenoxy) is 1. The standard InChI is InChI=1S/C18H21N5O2.C2HF3O2/c24-18(14-5-7-21-22-11-14)23-8-9-25-17-13(3-4-16(17)23)10-20-15-2-1-6-19-12-15;3-2(4,5)1(6)7/h1-2,5-7,11-13,16-17,20H,3-4,8-10H2;(H,6,7). The van der Waals surface area contributed by atoms with Gasteiger partial charge in [0.05, 0.1) is 42.4 Å². The molecule has 32 heavy (non-hydrogen) atoms. The van der Waals surface area contributed by atoms with Crippen LogP contribution in [0.15, 0.2) is 43.0 Å². The van der Waals surface area contributed by atoms with Crippen molar-refractivity contribution in [3.63, 3.8) is 0 Å². The van der Waals surface area contributed by atoms with E-state index in [2.05, 4.69) is 20.5 Å². The molecule has 1 aliphatic heterocycles. The van der Waals surface area contributed by atoms with E-state index in [0.29, 0.717) is 24.6 Å². The summed E-state index contributed by atoms with van der Waals surface area (Å²) in [6, 6.07) is 5.78. The van der Waals surface area contributed by atoms with Crippen LogP contribution in [0.3, 0.4) is 0 Å². The number of amides is 1. The third-order valence-corrected chi connectivity index (χ3v) is 5.28. The summed E-state index contributed by atoms with van der Waals surface area (Å²) in [4.78, 5) is 27.8. The molecule has 3 heterocycles. The lowest BCUT2D eigenvalue weighted by molar-refractivity contribution is -0.192. The molecule has 1 saturated carbocycles. The molecule has 3 atom stereocenters. The molecular formula is C20H22F3N5O4. The molecule has 1 amide bonds. The van der Waals surface area contributed by atoms with Gasteiger partial charge in [0, 0.05) is 31.4 Å². The average molecular weight is 453 g/mol. The van der Waals surface area contributed by atoms with E-state index in [9.17, 15) is 18.0 Å². The molecule has 2 aliphatic rings. The minimum Gasteiger partial charge on any atom is -0.475 e. The summed E-state index contributed by atoms with van der Waals surface area (Å²) >= 11 is 0. The Balaban J connectivity index is 0.000000360. The van der Waals surface area contributed by atoms with Gasteiger partial charge < -0.3 is 20.1 Å². The first-order chi connectivity index (χ1) is 15.3. The number of carboxylic acid groups (broad SMARTS) is 1. The summed E-state index contributed by atoms with van der Waals surface area (Å²) in [5, 5.41) is 18.1. The van der Waals surface area contributed by atoms with Crippen LogP contribution < -0.4 is 5.32 Å². The number of carbonyl (C=O) groups is 2. The molecule has 2 N–H and O–H groups in total. The Labute approximate surface area is 181 Å². The van der Waals surface area contributed by atoms with Crippen LogP contribution >= 0.6 is 0 Å². The van der Waals surface area contributed by atoms with Crippen molar-refractivity contribution in [1.82, 2.24) is 20.1 Å². The third kappa shape index (κ3) is 5.90. The number of fused-ring (bicyclic) bond motifs is 1. The van der Waals surface area contributed by atoms with Gasteiger partial charge in [-0.25, -0.2) is 4.79 Å². The maximum atomic E-state index is 12.8. The minimum atomic E-state index is -5.08.